The van der Waals surface area contributed by atoms with Gasteiger partial charge in [-0.05, 0) is 12.1 Å². The SMILES string of the molecule is [KH].c1ccoc1. The molecule has 28 valence electrons. The van der Waals surface area contributed by atoms with Crippen LogP contribution in [0.25, 0.3) is 0 Å². The monoisotopic (exact) mass is 108 g/mol. The van der Waals surface area contributed by atoms with E-state index in [9.17, 15) is 0 Å². The molecule has 0 fully saturated rings. The second-order valence-corrected chi connectivity index (χ2v) is 0.793. The van der Waals surface area contributed by atoms with Crippen molar-refractivity contribution in [3.05, 3.63) is 24.7 Å². The molecular formula is C4H5KO. The summed E-state index contributed by atoms with van der Waals surface area (Å²) < 4.78 is 4.58. The molecule has 1 rings (SSSR count). The predicted molar refractivity (Wildman–Crippen MR) is 25.9 cm³/mol. The van der Waals surface area contributed by atoms with Crippen LogP contribution in [-0.4, -0.2) is 51.4 Å². The minimum atomic E-state index is 0. The normalized spacial score (nSPS) is 6.67. The summed E-state index contributed by atoms with van der Waals surface area (Å²) >= 11 is 0. The number of furan rings is 1. The second-order valence-electron chi connectivity index (χ2n) is 0.793. The van der Waals surface area contributed by atoms with Gasteiger partial charge in [0.1, 0.15) is 0 Å². The van der Waals surface area contributed by atoms with E-state index in [1.807, 2.05) is 12.1 Å². The van der Waals surface area contributed by atoms with Gasteiger partial charge < -0.3 is 4.42 Å². The Labute approximate surface area is 79.1 Å². The molecule has 1 aromatic heterocycles. The molecule has 0 aliphatic heterocycles. The molecule has 2 heteroatoms. The molecule has 0 amide bonds. The molecule has 1 heterocycles. The molecule has 0 radical (unpaired) electrons. The van der Waals surface area contributed by atoms with Crippen LogP contribution in [0, 0.1) is 0 Å². The van der Waals surface area contributed by atoms with Crippen LogP contribution in [-0.2, 0) is 0 Å². The van der Waals surface area contributed by atoms with Crippen molar-refractivity contribution in [1.29, 1.82) is 0 Å². The van der Waals surface area contributed by atoms with Crippen molar-refractivity contribution in [2.24, 2.45) is 0 Å². The Kier molecular flexibility index (Phi) is 4.71. The molecular weight excluding hydrogens is 103 g/mol. The Hall–Kier alpha value is 0.916. The largest absolute Gasteiger partial charge is 0.473 e. The van der Waals surface area contributed by atoms with Gasteiger partial charge in [-0.25, -0.2) is 0 Å². The summed E-state index contributed by atoms with van der Waals surface area (Å²) in [6, 6.07) is 3.67. The summed E-state index contributed by atoms with van der Waals surface area (Å²) in [6.07, 6.45) is 3.25. The zero-order chi connectivity index (χ0) is 3.54. The van der Waals surface area contributed by atoms with E-state index in [1.54, 1.807) is 12.5 Å². The van der Waals surface area contributed by atoms with Crippen molar-refractivity contribution in [2.45, 2.75) is 0 Å². The first-order valence-electron chi connectivity index (χ1n) is 1.47. The molecule has 0 N–H and O–H groups in total. The van der Waals surface area contributed by atoms with Crippen LogP contribution in [0.5, 0.6) is 0 Å². The van der Waals surface area contributed by atoms with E-state index in [4.69, 9.17) is 0 Å². The summed E-state index contributed by atoms with van der Waals surface area (Å²) in [6.45, 7) is 0. The van der Waals surface area contributed by atoms with Gasteiger partial charge in [0.05, 0.1) is 12.5 Å². The molecule has 0 unspecified atom stereocenters. The molecule has 0 aliphatic carbocycles. The van der Waals surface area contributed by atoms with E-state index in [0.29, 0.717) is 0 Å². The van der Waals surface area contributed by atoms with Crippen LogP contribution >= 0.6 is 0 Å². The van der Waals surface area contributed by atoms with Gasteiger partial charge in [0.2, 0.25) is 0 Å². The van der Waals surface area contributed by atoms with Gasteiger partial charge in [-0.15, -0.1) is 0 Å². The molecule has 0 saturated heterocycles. The predicted octanol–water partition coefficient (Wildman–Crippen LogP) is 0.631. The Bertz CT molecular complexity index is 64.0. The molecule has 6 heavy (non-hydrogen) atoms. The summed E-state index contributed by atoms with van der Waals surface area (Å²) in [5.41, 5.74) is 0. The molecule has 0 atom stereocenters. The fourth-order valence-electron chi connectivity index (χ4n) is 0.227. The van der Waals surface area contributed by atoms with Crippen LogP contribution in [0.3, 0.4) is 0 Å². The summed E-state index contributed by atoms with van der Waals surface area (Å²) in [7, 11) is 0. The minimum absolute atomic E-state index is 0. The Balaban J connectivity index is 0.000000250. The smallest absolute Gasteiger partial charge is 0.0902 e. The maximum Gasteiger partial charge on any atom is 0.0902 e. The van der Waals surface area contributed by atoms with Crippen LogP contribution < -0.4 is 0 Å². The van der Waals surface area contributed by atoms with Crippen LogP contribution in [0.1, 0.15) is 0 Å². The van der Waals surface area contributed by atoms with Gasteiger partial charge in [0, 0.05) is 0 Å². The Morgan fingerprint density at radius 1 is 1.00 bits per heavy atom. The maximum absolute atomic E-state index is 4.58. The summed E-state index contributed by atoms with van der Waals surface area (Å²) in [4.78, 5) is 0. The zero-order valence-electron chi connectivity index (χ0n) is 2.72. The van der Waals surface area contributed by atoms with E-state index < -0.39 is 0 Å². The third-order valence-corrected chi connectivity index (χ3v) is 0.425. The molecule has 1 aromatic rings. The average Bonchev–Trinajstić information content (AvgIpc) is 1.76. The molecule has 0 spiro atoms. The van der Waals surface area contributed by atoms with Gasteiger partial charge in [0.25, 0.3) is 0 Å². The first-order valence-corrected chi connectivity index (χ1v) is 1.47. The summed E-state index contributed by atoms with van der Waals surface area (Å²) in [5.74, 6) is 0. The topological polar surface area (TPSA) is 13.1 Å². The molecule has 0 aromatic carbocycles. The zero-order valence-corrected chi connectivity index (χ0v) is 2.72. The van der Waals surface area contributed by atoms with Gasteiger partial charge in [-0.3, -0.25) is 0 Å². The van der Waals surface area contributed by atoms with Gasteiger partial charge in [-0.2, -0.15) is 0 Å². The third-order valence-electron chi connectivity index (χ3n) is 0.425. The van der Waals surface area contributed by atoms with E-state index in [1.165, 1.54) is 0 Å². The fourth-order valence-corrected chi connectivity index (χ4v) is 0.227. The fraction of sp³-hybridized carbons (Fsp3) is 0. The van der Waals surface area contributed by atoms with E-state index in [2.05, 4.69) is 4.42 Å². The average molecular weight is 108 g/mol. The summed E-state index contributed by atoms with van der Waals surface area (Å²) in [5, 5.41) is 0. The Morgan fingerprint density at radius 3 is 1.67 bits per heavy atom. The van der Waals surface area contributed by atoms with Gasteiger partial charge in [-0.1, -0.05) is 0 Å². The van der Waals surface area contributed by atoms with Crippen molar-refractivity contribution in [3.63, 3.8) is 0 Å². The molecule has 0 saturated carbocycles. The van der Waals surface area contributed by atoms with Crippen molar-refractivity contribution in [2.75, 3.05) is 0 Å². The number of hydrogen-bond donors (Lipinski definition) is 0. The van der Waals surface area contributed by atoms with Crippen molar-refractivity contribution in [1.82, 2.24) is 0 Å². The van der Waals surface area contributed by atoms with Crippen molar-refractivity contribution >= 4 is 51.4 Å². The molecule has 0 bridgehead atoms. The van der Waals surface area contributed by atoms with Crippen LogP contribution in [0.4, 0.5) is 0 Å². The second kappa shape index (κ2) is 4.09. The van der Waals surface area contributed by atoms with Gasteiger partial charge >= 0.3 is 51.4 Å². The quantitative estimate of drug-likeness (QED) is 0.444. The molecule has 0 aliphatic rings. The van der Waals surface area contributed by atoms with Gasteiger partial charge in [0.15, 0.2) is 0 Å². The van der Waals surface area contributed by atoms with E-state index in [-0.39, 0.29) is 51.4 Å². The standard InChI is InChI=1S/C4H4O.K.H/c1-2-4-5-3-1;;/h1-4H;;. The minimum Gasteiger partial charge on any atom is -0.473 e. The number of rotatable bonds is 0. The first-order chi connectivity index (χ1) is 2.50. The van der Waals surface area contributed by atoms with Crippen LogP contribution in [0.15, 0.2) is 29.1 Å². The maximum atomic E-state index is 4.58. The van der Waals surface area contributed by atoms with Crippen molar-refractivity contribution in [3.8, 4) is 0 Å². The molecule has 1 nitrogen and oxygen atoms in total. The van der Waals surface area contributed by atoms with Crippen LogP contribution in [0.2, 0.25) is 0 Å². The Morgan fingerprint density at radius 2 is 1.50 bits per heavy atom. The van der Waals surface area contributed by atoms with Crippen molar-refractivity contribution < 1.29 is 4.42 Å². The third kappa shape index (κ3) is 2.15. The van der Waals surface area contributed by atoms with E-state index >= 15 is 0 Å². The number of hydrogen-bond acceptors (Lipinski definition) is 1. The van der Waals surface area contributed by atoms with E-state index in [0.717, 1.165) is 0 Å². The first kappa shape index (κ1) is 6.92.